The molecule has 0 spiro atoms. The summed E-state index contributed by atoms with van der Waals surface area (Å²) in [6, 6.07) is 9.54. The molecule has 0 amide bonds. The van der Waals surface area contributed by atoms with Crippen LogP contribution in [0.3, 0.4) is 0 Å². The lowest BCUT2D eigenvalue weighted by atomic mass is 10.1. The summed E-state index contributed by atoms with van der Waals surface area (Å²) in [5.41, 5.74) is 1.31. The Morgan fingerprint density at radius 3 is 2.32 bits per heavy atom. The van der Waals surface area contributed by atoms with Gasteiger partial charge in [-0.15, -0.1) is 0 Å². The molecule has 2 heterocycles. The first-order valence-corrected chi connectivity index (χ1v) is 12.1. The third-order valence-electron chi connectivity index (χ3n) is 5.66. The molecule has 4 rings (SSSR count). The van der Waals surface area contributed by atoms with Crippen LogP contribution in [0.4, 0.5) is 13.2 Å². The summed E-state index contributed by atoms with van der Waals surface area (Å²) in [6.07, 6.45) is 0.724. The molecule has 3 aromatic rings. The smallest absolute Gasteiger partial charge is 0.358 e. The van der Waals surface area contributed by atoms with E-state index in [1.165, 1.54) is 16.4 Å². The van der Waals surface area contributed by atoms with Gasteiger partial charge >= 0.3 is 5.97 Å². The number of piperidine rings is 1. The Hall–Kier alpha value is -3.18. The van der Waals surface area contributed by atoms with Crippen LogP contribution >= 0.6 is 0 Å². The van der Waals surface area contributed by atoms with Gasteiger partial charge in [-0.1, -0.05) is 0 Å². The van der Waals surface area contributed by atoms with Crippen LogP contribution in [0.2, 0.25) is 0 Å². The van der Waals surface area contributed by atoms with Gasteiger partial charge in [-0.2, -0.15) is 9.40 Å². The number of benzene rings is 2. The van der Waals surface area contributed by atoms with Gasteiger partial charge in [0, 0.05) is 18.7 Å². The molecule has 1 fully saturated rings. The molecule has 11 heteroatoms. The Kier molecular flexibility index (Phi) is 6.76. The van der Waals surface area contributed by atoms with Crippen LogP contribution in [0.15, 0.2) is 53.4 Å². The maximum atomic E-state index is 13.6. The lowest BCUT2D eigenvalue weighted by Crippen LogP contribution is -2.39. The third-order valence-corrected chi connectivity index (χ3v) is 7.55. The minimum Gasteiger partial charge on any atom is -0.461 e. The quantitative estimate of drug-likeness (QED) is 0.482. The van der Waals surface area contributed by atoms with Crippen LogP contribution in [0.1, 0.15) is 36.3 Å². The van der Waals surface area contributed by atoms with Crippen LogP contribution in [-0.2, 0) is 14.8 Å². The molecule has 180 valence electrons. The fraction of sp³-hybridized carbons (Fsp3) is 0.304. The fourth-order valence-corrected chi connectivity index (χ4v) is 5.41. The van der Waals surface area contributed by atoms with Crippen molar-refractivity contribution >= 4 is 16.0 Å². The number of carbonyl (C=O) groups excluding carboxylic acids is 1. The van der Waals surface area contributed by atoms with Crippen molar-refractivity contribution in [3.63, 3.8) is 0 Å². The standard InChI is InChI=1S/C23H22F3N3O4S/c1-2-33-23(30)21-14-22(15-3-5-16(24)6-4-15)29(27-21)17-9-11-28(12-10-17)34(31,32)18-7-8-19(25)20(26)13-18/h3-8,13-14,17H,2,9-12H2,1H3. The van der Waals surface area contributed by atoms with Crippen molar-refractivity contribution in [3.8, 4) is 11.3 Å². The van der Waals surface area contributed by atoms with E-state index in [-0.39, 0.29) is 36.3 Å². The van der Waals surface area contributed by atoms with Gasteiger partial charge in [0.1, 0.15) is 5.82 Å². The number of esters is 1. The highest BCUT2D eigenvalue weighted by atomic mass is 32.2. The molecule has 0 unspecified atom stereocenters. The van der Waals surface area contributed by atoms with E-state index in [9.17, 15) is 26.4 Å². The van der Waals surface area contributed by atoms with Crippen molar-refractivity contribution in [2.45, 2.75) is 30.7 Å². The topological polar surface area (TPSA) is 81.5 Å². The number of hydrogen-bond acceptors (Lipinski definition) is 5. The van der Waals surface area contributed by atoms with E-state index in [0.717, 1.165) is 12.1 Å². The zero-order valence-electron chi connectivity index (χ0n) is 18.2. The average molecular weight is 494 g/mol. The molecule has 1 aliphatic rings. The first-order valence-electron chi connectivity index (χ1n) is 10.7. The van der Waals surface area contributed by atoms with Crippen molar-refractivity contribution in [3.05, 3.63) is 71.7 Å². The van der Waals surface area contributed by atoms with Crippen LogP contribution in [0.5, 0.6) is 0 Å². The Balaban J connectivity index is 1.59. The zero-order chi connectivity index (χ0) is 24.5. The van der Waals surface area contributed by atoms with E-state index < -0.39 is 33.4 Å². The van der Waals surface area contributed by atoms with E-state index >= 15 is 0 Å². The first-order chi connectivity index (χ1) is 16.2. The molecular formula is C23H22F3N3O4S. The Bertz CT molecular complexity index is 1300. The maximum absolute atomic E-state index is 13.6. The number of sulfonamides is 1. The second kappa shape index (κ2) is 9.59. The first kappa shape index (κ1) is 24.0. The Morgan fingerprint density at radius 2 is 1.71 bits per heavy atom. The van der Waals surface area contributed by atoms with Crippen LogP contribution in [-0.4, -0.2) is 48.2 Å². The summed E-state index contributed by atoms with van der Waals surface area (Å²) >= 11 is 0. The van der Waals surface area contributed by atoms with Gasteiger partial charge in [0.2, 0.25) is 10.0 Å². The van der Waals surface area contributed by atoms with E-state index in [0.29, 0.717) is 30.2 Å². The highest BCUT2D eigenvalue weighted by Crippen LogP contribution is 2.32. The molecule has 0 atom stereocenters. The van der Waals surface area contributed by atoms with Gasteiger partial charge in [0.25, 0.3) is 0 Å². The summed E-state index contributed by atoms with van der Waals surface area (Å²) in [5, 5.41) is 4.41. The number of nitrogens with zero attached hydrogens (tertiary/aromatic N) is 3. The van der Waals surface area contributed by atoms with Crippen LogP contribution < -0.4 is 0 Å². The molecule has 0 bridgehead atoms. The van der Waals surface area contributed by atoms with E-state index in [4.69, 9.17) is 4.74 Å². The maximum Gasteiger partial charge on any atom is 0.358 e. The second-order valence-electron chi connectivity index (χ2n) is 7.80. The molecule has 34 heavy (non-hydrogen) atoms. The highest BCUT2D eigenvalue weighted by molar-refractivity contribution is 7.89. The van der Waals surface area contributed by atoms with Gasteiger partial charge < -0.3 is 4.74 Å². The van der Waals surface area contributed by atoms with Crippen molar-refractivity contribution < 1.29 is 31.1 Å². The fourth-order valence-electron chi connectivity index (χ4n) is 3.93. The number of carbonyl (C=O) groups is 1. The number of hydrogen-bond donors (Lipinski definition) is 0. The van der Waals surface area contributed by atoms with E-state index in [1.54, 1.807) is 29.8 Å². The predicted octanol–water partition coefficient (Wildman–Crippen LogP) is 4.17. The SMILES string of the molecule is CCOC(=O)c1cc(-c2ccc(F)cc2)n(C2CCN(S(=O)(=O)c3ccc(F)c(F)c3)CC2)n1. The summed E-state index contributed by atoms with van der Waals surface area (Å²) in [6.45, 7) is 2.09. The summed E-state index contributed by atoms with van der Waals surface area (Å²) in [5.74, 6) is -3.36. The second-order valence-corrected chi connectivity index (χ2v) is 9.74. The molecule has 2 aromatic carbocycles. The van der Waals surface area contributed by atoms with Crippen molar-refractivity contribution in [1.82, 2.24) is 14.1 Å². The molecule has 1 saturated heterocycles. The lowest BCUT2D eigenvalue weighted by Gasteiger charge is -2.32. The molecule has 0 saturated carbocycles. The average Bonchev–Trinajstić information content (AvgIpc) is 3.27. The minimum absolute atomic E-state index is 0.0954. The molecule has 0 aliphatic carbocycles. The van der Waals surface area contributed by atoms with Gasteiger partial charge in [0.05, 0.1) is 23.2 Å². The summed E-state index contributed by atoms with van der Waals surface area (Å²) in [7, 11) is -4.01. The summed E-state index contributed by atoms with van der Waals surface area (Å²) < 4.78 is 73.9. The number of rotatable bonds is 6. The van der Waals surface area contributed by atoms with E-state index in [1.807, 2.05) is 0 Å². The number of aromatic nitrogens is 2. The highest BCUT2D eigenvalue weighted by Gasteiger charge is 2.32. The third kappa shape index (κ3) is 4.71. The van der Waals surface area contributed by atoms with E-state index in [2.05, 4.69) is 5.10 Å². The Labute approximate surface area is 194 Å². The van der Waals surface area contributed by atoms with Gasteiger partial charge in [-0.25, -0.2) is 26.4 Å². The van der Waals surface area contributed by atoms with Crippen LogP contribution in [0, 0.1) is 17.5 Å². The largest absolute Gasteiger partial charge is 0.461 e. The predicted molar refractivity (Wildman–Crippen MR) is 117 cm³/mol. The Morgan fingerprint density at radius 1 is 1.03 bits per heavy atom. The normalized spacial score (nSPS) is 15.4. The molecule has 1 aromatic heterocycles. The molecule has 0 radical (unpaired) electrons. The van der Waals surface area contributed by atoms with Crippen molar-refractivity contribution in [1.29, 1.82) is 0 Å². The van der Waals surface area contributed by atoms with Crippen molar-refractivity contribution in [2.75, 3.05) is 19.7 Å². The van der Waals surface area contributed by atoms with Gasteiger partial charge in [-0.3, -0.25) is 4.68 Å². The van der Waals surface area contributed by atoms with Gasteiger partial charge in [0.15, 0.2) is 17.3 Å². The molecule has 1 aliphatic heterocycles. The van der Waals surface area contributed by atoms with Crippen LogP contribution in [0.25, 0.3) is 11.3 Å². The van der Waals surface area contributed by atoms with Gasteiger partial charge in [-0.05, 0) is 68.3 Å². The molecular weight excluding hydrogens is 471 g/mol. The molecule has 7 nitrogen and oxygen atoms in total. The minimum atomic E-state index is -4.01. The zero-order valence-corrected chi connectivity index (χ0v) is 19.1. The number of halogens is 3. The monoisotopic (exact) mass is 493 g/mol. The number of ether oxygens (including phenoxy) is 1. The lowest BCUT2D eigenvalue weighted by molar-refractivity contribution is 0.0517. The summed E-state index contributed by atoms with van der Waals surface area (Å²) in [4.78, 5) is 11.9. The molecule has 0 N–H and O–H groups in total. The van der Waals surface area contributed by atoms with Crippen molar-refractivity contribution in [2.24, 2.45) is 0 Å².